The van der Waals surface area contributed by atoms with E-state index in [0.717, 1.165) is 11.3 Å². The Morgan fingerprint density at radius 2 is 2.25 bits per heavy atom. The van der Waals surface area contributed by atoms with Gasteiger partial charge in [-0.25, -0.2) is 0 Å². The maximum Gasteiger partial charge on any atom is 0.125 e. The fraction of sp³-hybridized carbons (Fsp3) is 0.273. The van der Waals surface area contributed by atoms with E-state index in [9.17, 15) is 0 Å². The zero-order chi connectivity index (χ0) is 12.0. The van der Waals surface area contributed by atoms with Gasteiger partial charge in [0.15, 0.2) is 0 Å². The van der Waals surface area contributed by atoms with Crippen LogP contribution in [0.5, 0.6) is 11.5 Å². The normalized spacial score (nSPS) is 11.4. The van der Waals surface area contributed by atoms with E-state index >= 15 is 0 Å². The Morgan fingerprint density at radius 1 is 1.50 bits per heavy atom. The van der Waals surface area contributed by atoms with Crippen molar-refractivity contribution in [2.75, 3.05) is 13.7 Å². The highest BCUT2D eigenvalue weighted by Crippen LogP contribution is 2.24. The predicted octanol–water partition coefficient (Wildman–Crippen LogP) is 2.85. The molecule has 0 aromatic heterocycles. The van der Waals surface area contributed by atoms with Crippen LogP contribution in [0.4, 0.5) is 0 Å². The number of benzene rings is 1. The number of nitrogens with two attached hydrogens (primary N) is 1. The lowest BCUT2D eigenvalue weighted by Crippen LogP contribution is -2.04. The number of hydrogen-bond donors (Lipinski definition) is 1. The first kappa shape index (κ1) is 13.2. The molecule has 1 rings (SSSR count). The molecule has 0 radical (unpaired) electrons. The van der Waals surface area contributed by atoms with Gasteiger partial charge in [-0.3, -0.25) is 0 Å². The molecule has 1 aromatic rings. The second-order valence-corrected chi connectivity index (χ2v) is 3.73. The zero-order valence-electron chi connectivity index (χ0n) is 8.87. The van der Waals surface area contributed by atoms with Crippen LogP contribution in [0.25, 0.3) is 0 Å². The third kappa shape index (κ3) is 3.59. The molecule has 16 heavy (non-hydrogen) atoms. The summed E-state index contributed by atoms with van der Waals surface area (Å²) in [6.07, 6.45) is 0. The van der Waals surface area contributed by atoms with Crippen LogP contribution in [0.2, 0.25) is 0 Å². The van der Waals surface area contributed by atoms with E-state index in [1.165, 1.54) is 5.54 Å². The summed E-state index contributed by atoms with van der Waals surface area (Å²) in [6.45, 7) is 0.596. The van der Waals surface area contributed by atoms with Crippen LogP contribution in [0, 0.1) is 0 Å². The van der Waals surface area contributed by atoms with Crippen molar-refractivity contribution in [3.05, 3.63) is 34.3 Å². The first-order valence-corrected chi connectivity index (χ1v) is 5.47. The van der Waals surface area contributed by atoms with Crippen molar-refractivity contribution in [1.82, 2.24) is 0 Å². The molecule has 0 aliphatic rings. The minimum absolute atomic E-state index is 0.227. The Bertz CT molecular complexity index is 380. The third-order valence-electron chi connectivity index (χ3n) is 1.97. The molecule has 0 unspecified atom stereocenters. The molecular formula is C11H13Cl2NO2. The fourth-order valence-corrected chi connectivity index (χ4v) is 1.28. The van der Waals surface area contributed by atoms with Crippen molar-refractivity contribution in [3.8, 4) is 11.5 Å². The molecule has 2 N–H and O–H groups in total. The first-order valence-electron chi connectivity index (χ1n) is 4.65. The van der Waals surface area contributed by atoms with Crippen LogP contribution in [0.1, 0.15) is 5.56 Å². The van der Waals surface area contributed by atoms with Crippen molar-refractivity contribution < 1.29 is 9.47 Å². The smallest absolute Gasteiger partial charge is 0.125 e. The summed E-state index contributed by atoms with van der Waals surface area (Å²) in [5.74, 6) is 1.42. The van der Waals surface area contributed by atoms with Crippen molar-refractivity contribution in [2.24, 2.45) is 5.73 Å². The first-order chi connectivity index (χ1) is 7.71. The standard InChI is InChI=1S/C11H13Cl2NO2/c1-15-10-2-3-11(8(4-10)6-14)16-7-9(13)5-12/h2-5H,6-7,14H2,1H3. The van der Waals surface area contributed by atoms with Crippen LogP contribution in [0.3, 0.4) is 0 Å². The van der Waals surface area contributed by atoms with Gasteiger partial charge in [0.05, 0.1) is 12.1 Å². The maximum absolute atomic E-state index is 5.72. The molecule has 5 heteroatoms. The molecule has 88 valence electrons. The van der Waals surface area contributed by atoms with Crippen molar-refractivity contribution in [1.29, 1.82) is 0 Å². The van der Waals surface area contributed by atoms with Gasteiger partial charge in [0, 0.05) is 17.6 Å². The predicted molar refractivity (Wildman–Crippen MR) is 66.2 cm³/mol. The van der Waals surface area contributed by atoms with Crippen molar-refractivity contribution in [2.45, 2.75) is 6.54 Å². The highest BCUT2D eigenvalue weighted by atomic mass is 35.5. The number of methoxy groups -OCH3 is 1. The van der Waals surface area contributed by atoms with Gasteiger partial charge in [-0.15, -0.1) is 0 Å². The molecule has 0 spiro atoms. The molecule has 0 aliphatic heterocycles. The molecule has 3 nitrogen and oxygen atoms in total. The number of hydrogen-bond acceptors (Lipinski definition) is 3. The van der Waals surface area contributed by atoms with Crippen molar-refractivity contribution >= 4 is 23.2 Å². The van der Waals surface area contributed by atoms with Gasteiger partial charge in [0.2, 0.25) is 0 Å². The quantitative estimate of drug-likeness (QED) is 0.887. The largest absolute Gasteiger partial charge is 0.497 e. The summed E-state index contributed by atoms with van der Waals surface area (Å²) in [5, 5.41) is 0.431. The van der Waals surface area contributed by atoms with E-state index in [1.54, 1.807) is 19.2 Å². The molecule has 0 fully saturated rings. The lowest BCUT2D eigenvalue weighted by atomic mass is 10.2. The van der Waals surface area contributed by atoms with Gasteiger partial charge in [-0.2, -0.15) is 0 Å². The summed E-state index contributed by atoms with van der Waals surface area (Å²) in [5.41, 5.74) is 7.73. The van der Waals surface area contributed by atoms with Crippen LogP contribution in [-0.4, -0.2) is 13.7 Å². The number of halogens is 2. The van der Waals surface area contributed by atoms with Gasteiger partial charge < -0.3 is 15.2 Å². The monoisotopic (exact) mass is 261 g/mol. The van der Waals surface area contributed by atoms with Crippen LogP contribution < -0.4 is 15.2 Å². The van der Waals surface area contributed by atoms with Gasteiger partial charge in [-0.05, 0) is 18.2 Å². The molecule has 0 saturated heterocycles. The lowest BCUT2D eigenvalue weighted by molar-refractivity contribution is 0.353. The number of rotatable bonds is 5. The topological polar surface area (TPSA) is 44.5 Å². The summed E-state index contributed by atoms with van der Waals surface area (Å²) in [6, 6.07) is 5.42. The van der Waals surface area contributed by atoms with Gasteiger partial charge in [-0.1, -0.05) is 23.2 Å². The summed E-state index contributed by atoms with van der Waals surface area (Å²) in [7, 11) is 1.60. The Kier molecular flexibility index (Phi) is 5.46. The molecule has 0 aliphatic carbocycles. The van der Waals surface area contributed by atoms with E-state index in [1.807, 2.05) is 6.07 Å². The van der Waals surface area contributed by atoms with Gasteiger partial charge >= 0.3 is 0 Å². The SMILES string of the molecule is COc1ccc(OCC(Cl)=CCl)c(CN)c1. The molecule has 0 atom stereocenters. The number of ether oxygens (including phenoxy) is 2. The average molecular weight is 262 g/mol. The van der Waals surface area contributed by atoms with E-state index in [2.05, 4.69) is 0 Å². The van der Waals surface area contributed by atoms with E-state index in [0.29, 0.717) is 17.3 Å². The van der Waals surface area contributed by atoms with E-state index in [-0.39, 0.29) is 6.61 Å². The molecule has 0 heterocycles. The summed E-state index contributed by atoms with van der Waals surface area (Å²) >= 11 is 11.1. The van der Waals surface area contributed by atoms with E-state index < -0.39 is 0 Å². The second kappa shape index (κ2) is 6.63. The van der Waals surface area contributed by atoms with Gasteiger partial charge in [0.25, 0.3) is 0 Å². The third-order valence-corrected chi connectivity index (χ3v) is 2.56. The highest BCUT2D eigenvalue weighted by Gasteiger charge is 2.04. The molecular weight excluding hydrogens is 249 g/mol. The lowest BCUT2D eigenvalue weighted by Gasteiger charge is -2.11. The minimum Gasteiger partial charge on any atom is -0.497 e. The summed E-state index contributed by atoms with van der Waals surface area (Å²) < 4.78 is 10.5. The van der Waals surface area contributed by atoms with Crippen LogP contribution >= 0.6 is 23.2 Å². The van der Waals surface area contributed by atoms with Crippen LogP contribution in [0.15, 0.2) is 28.8 Å². The zero-order valence-corrected chi connectivity index (χ0v) is 10.4. The Morgan fingerprint density at radius 3 is 2.81 bits per heavy atom. The van der Waals surface area contributed by atoms with Crippen molar-refractivity contribution in [3.63, 3.8) is 0 Å². The molecule has 0 bridgehead atoms. The average Bonchev–Trinajstić information content (AvgIpc) is 2.35. The van der Waals surface area contributed by atoms with E-state index in [4.69, 9.17) is 38.4 Å². The Hall–Kier alpha value is -0.900. The molecule has 1 aromatic carbocycles. The Labute approximate surface area is 105 Å². The van der Waals surface area contributed by atoms with Crippen LogP contribution in [-0.2, 0) is 6.54 Å². The highest BCUT2D eigenvalue weighted by molar-refractivity contribution is 6.36. The maximum atomic E-state index is 5.72. The van der Waals surface area contributed by atoms with Gasteiger partial charge in [0.1, 0.15) is 18.1 Å². The molecule has 0 amide bonds. The minimum atomic E-state index is 0.227. The second-order valence-electron chi connectivity index (χ2n) is 3.02. The fourth-order valence-electron chi connectivity index (χ4n) is 1.16. The Balaban J connectivity index is 2.79. The summed E-state index contributed by atoms with van der Waals surface area (Å²) in [4.78, 5) is 0. The molecule has 0 saturated carbocycles.